The molecule has 0 aliphatic heterocycles. The third-order valence-electron chi connectivity index (χ3n) is 4.94. The molecule has 0 radical (unpaired) electrons. The van der Waals surface area contributed by atoms with Gasteiger partial charge in [-0.15, -0.1) is 0 Å². The Kier molecular flexibility index (Phi) is 5.36. The van der Waals surface area contributed by atoms with Gasteiger partial charge < -0.3 is 14.8 Å². The van der Waals surface area contributed by atoms with Crippen LogP contribution in [0.2, 0.25) is 0 Å². The molecule has 140 valence electrons. The van der Waals surface area contributed by atoms with E-state index in [1.807, 2.05) is 50.2 Å². The number of hydrogen-bond acceptors (Lipinski definition) is 4. The van der Waals surface area contributed by atoms with Gasteiger partial charge in [0.05, 0.1) is 25.7 Å². The first-order valence-corrected chi connectivity index (χ1v) is 8.93. The fourth-order valence-electron chi connectivity index (χ4n) is 3.30. The van der Waals surface area contributed by atoms with Crippen molar-refractivity contribution in [2.24, 2.45) is 5.41 Å². The minimum Gasteiger partial charge on any atom is -0.497 e. The minimum absolute atomic E-state index is 0.261. The molecule has 0 bridgehead atoms. The quantitative estimate of drug-likeness (QED) is 0.612. The van der Waals surface area contributed by atoms with E-state index in [2.05, 4.69) is 35.6 Å². The lowest BCUT2D eigenvalue weighted by molar-refractivity contribution is -0.151. The van der Waals surface area contributed by atoms with Crippen LogP contribution in [0.1, 0.15) is 25.5 Å². The van der Waals surface area contributed by atoms with Gasteiger partial charge in [-0.05, 0) is 60.5 Å². The number of benzene rings is 3. The summed E-state index contributed by atoms with van der Waals surface area (Å²) in [5.41, 5.74) is 1.17. The summed E-state index contributed by atoms with van der Waals surface area (Å²) < 4.78 is 10.3. The van der Waals surface area contributed by atoms with E-state index in [4.69, 9.17) is 9.47 Å². The van der Waals surface area contributed by atoms with Crippen molar-refractivity contribution in [1.82, 2.24) is 0 Å². The van der Waals surface area contributed by atoms with Crippen LogP contribution in [0.4, 0.5) is 5.69 Å². The molecule has 3 rings (SSSR count). The van der Waals surface area contributed by atoms with Gasteiger partial charge in [0.1, 0.15) is 5.75 Å². The van der Waals surface area contributed by atoms with Crippen LogP contribution in [0.25, 0.3) is 10.8 Å². The van der Waals surface area contributed by atoms with Crippen molar-refractivity contribution >= 4 is 22.4 Å². The van der Waals surface area contributed by atoms with E-state index < -0.39 is 5.41 Å². The molecule has 0 amide bonds. The molecule has 0 aromatic heterocycles. The zero-order valence-corrected chi connectivity index (χ0v) is 16.2. The van der Waals surface area contributed by atoms with Crippen LogP contribution in [0.5, 0.6) is 5.75 Å². The van der Waals surface area contributed by atoms with Gasteiger partial charge in [0.2, 0.25) is 0 Å². The van der Waals surface area contributed by atoms with Crippen molar-refractivity contribution in [3.8, 4) is 5.75 Å². The lowest BCUT2D eigenvalue weighted by Gasteiger charge is -2.33. The molecule has 0 fully saturated rings. The second-order valence-electron chi connectivity index (χ2n) is 7.13. The lowest BCUT2D eigenvalue weighted by atomic mass is 9.79. The summed E-state index contributed by atoms with van der Waals surface area (Å²) >= 11 is 0. The van der Waals surface area contributed by atoms with Gasteiger partial charge >= 0.3 is 5.97 Å². The average Bonchev–Trinajstić information content (AvgIpc) is 2.71. The van der Waals surface area contributed by atoms with Crippen molar-refractivity contribution in [3.63, 3.8) is 0 Å². The Balaban J connectivity index is 2.03. The van der Waals surface area contributed by atoms with E-state index >= 15 is 0 Å². The highest BCUT2D eigenvalue weighted by atomic mass is 16.5. The van der Waals surface area contributed by atoms with Crippen LogP contribution < -0.4 is 10.1 Å². The van der Waals surface area contributed by atoms with Crippen LogP contribution in [0.15, 0.2) is 66.7 Å². The Bertz CT molecular complexity index is 932. The smallest absolute Gasteiger partial charge is 0.313 e. The van der Waals surface area contributed by atoms with Gasteiger partial charge in [0.25, 0.3) is 0 Å². The number of carbonyl (C=O) groups is 1. The molecule has 0 aliphatic carbocycles. The largest absolute Gasteiger partial charge is 0.497 e. The van der Waals surface area contributed by atoms with E-state index in [-0.39, 0.29) is 12.0 Å². The second kappa shape index (κ2) is 7.70. The maximum Gasteiger partial charge on any atom is 0.313 e. The van der Waals surface area contributed by atoms with Crippen molar-refractivity contribution in [1.29, 1.82) is 0 Å². The van der Waals surface area contributed by atoms with Crippen LogP contribution >= 0.6 is 0 Å². The molecule has 4 nitrogen and oxygen atoms in total. The topological polar surface area (TPSA) is 47.6 Å². The third-order valence-corrected chi connectivity index (χ3v) is 4.94. The molecule has 1 N–H and O–H groups in total. The van der Waals surface area contributed by atoms with Gasteiger partial charge in [0.15, 0.2) is 0 Å². The molecule has 0 saturated carbocycles. The molecule has 0 heterocycles. The highest BCUT2D eigenvalue weighted by Crippen LogP contribution is 2.38. The van der Waals surface area contributed by atoms with Crippen molar-refractivity contribution in [2.45, 2.75) is 19.9 Å². The zero-order chi connectivity index (χ0) is 19.4. The summed E-state index contributed by atoms with van der Waals surface area (Å²) in [5.74, 6) is 0.525. The van der Waals surface area contributed by atoms with E-state index in [1.54, 1.807) is 7.11 Å². The summed E-state index contributed by atoms with van der Waals surface area (Å²) in [5, 5.41) is 5.81. The van der Waals surface area contributed by atoms with Crippen LogP contribution in [0.3, 0.4) is 0 Å². The summed E-state index contributed by atoms with van der Waals surface area (Å²) in [6, 6.07) is 21.9. The summed E-state index contributed by atoms with van der Waals surface area (Å²) in [4.78, 5) is 12.5. The number of carbonyl (C=O) groups excluding carboxylic acids is 1. The van der Waals surface area contributed by atoms with Gasteiger partial charge in [-0.1, -0.05) is 36.4 Å². The number of nitrogens with one attached hydrogen (secondary N) is 1. The Morgan fingerprint density at radius 2 is 1.59 bits per heavy atom. The highest BCUT2D eigenvalue weighted by molar-refractivity contribution is 5.84. The average molecular weight is 363 g/mol. The van der Waals surface area contributed by atoms with Gasteiger partial charge in [-0.3, -0.25) is 4.79 Å². The molecule has 1 atom stereocenters. The fourth-order valence-corrected chi connectivity index (χ4v) is 3.30. The summed E-state index contributed by atoms with van der Waals surface area (Å²) in [6.45, 7) is 3.80. The number of rotatable bonds is 6. The predicted molar refractivity (Wildman–Crippen MR) is 109 cm³/mol. The van der Waals surface area contributed by atoms with Crippen molar-refractivity contribution < 1.29 is 14.3 Å². The van der Waals surface area contributed by atoms with E-state index in [9.17, 15) is 4.79 Å². The second-order valence-corrected chi connectivity index (χ2v) is 7.13. The van der Waals surface area contributed by atoms with E-state index in [0.29, 0.717) is 0 Å². The predicted octanol–water partition coefficient (Wildman–Crippen LogP) is 5.20. The molecule has 27 heavy (non-hydrogen) atoms. The van der Waals surface area contributed by atoms with Gasteiger partial charge in [0, 0.05) is 5.69 Å². The van der Waals surface area contributed by atoms with E-state index in [0.717, 1.165) is 22.4 Å². The Hall–Kier alpha value is -3.01. The zero-order valence-electron chi connectivity index (χ0n) is 16.2. The van der Waals surface area contributed by atoms with Crippen LogP contribution in [-0.4, -0.2) is 20.2 Å². The maximum atomic E-state index is 12.5. The first-order chi connectivity index (χ1) is 13.0. The van der Waals surface area contributed by atoms with E-state index in [1.165, 1.54) is 12.5 Å². The number of hydrogen-bond donors (Lipinski definition) is 1. The Labute approximate surface area is 160 Å². The molecule has 3 aromatic rings. The Morgan fingerprint density at radius 3 is 2.22 bits per heavy atom. The van der Waals surface area contributed by atoms with Gasteiger partial charge in [-0.25, -0.2) is 0 Å². The molecule has 0 saturated heterocycles. The normalized spacial score (nSPS) is 12.4. The molecule has 1 unspecified atom stereocenters. The van der Waals surface area contributed by atoms with Crippen LogP contribution in [-0.2, 0) is 9.53 Å². The number of anilines is 1. The maximum absolute atomic E-state index is 12.5. The summed E-state index contributed by atoms with van der Waals surface area (Å²) in [7, 11) is 3.07. The summed E-state index contributed by atoms with van der Waals surface area (Å²) in [6.07, 6.45) is 0. The SMILES string of the molecule is COC(=O)C(C)(C)C(Nc1ccc(OC)cc1)c1ccc2ccccc2c1. The minimum atomic E-state index is -0.767. The number of fused-ring (bicyclic) bond motifs is 1. The highest BCUT2D eigenvalue weighted by Gasteiger charge is 2.39. The van der Waals surface area contributed by atoms with Crippen LogP contribution in [0, 0.1) is 5.41 Å². The third kappa shape index (κ3) is 3.90. The monoisotopic (exact) mass is 363 g/mol. The molecular weight excluding hydrogens is 338 g/mol. The molecular formula is C23H25NO3. The lowest BCUT2D eigenvalue weighted by Crippen LogP contribution is -2.36. The first kappa shape index (κ1) is 18.8. The molecule has 0 aliphatic rings. The Morgan fingerprint density at radius 1 is 0.926 bits per heavy atom. The molecule has 3 aromatic carbocycles. The van der Waals surface area contributed by atoms with Gasteiger partial charge in [-0.2, -0.15) is 0 Å². The number of esters is 1. The fraction of sp³-hybridized carbons (Fsp3) is 0.261. The van der Waals surface area contributed by atoms with Crippen molar-refractivity contribution in [2.75, 3.05) is 19.5 Å². The molecule has 0 spiro atoms. The van der Waals surface area contributed by atoms with Crippen molar-refractivity contribution in [3.05, 3.63) is 72.3 Å². The molecule has 4 heteroatoms. The standard InChI is InChI=1S/C23H25NO3/c1-23(2,22(25)27-4)21(24-19-11-13-20(26-3)14-12-19)18-10-9-16-7-5-6-8-17(16)15-18/h5-15,21,24H,1-4H3. The number of ether oxygens (including phenoxy) is 2. The number of methoxy groups -OCH3 is 2. The first-order valence-electron chi connectivity index (χ1n) is 8.93.